The van der Waals surface area contributed by atoms with Gasteiger partial charge in [0.15, 0.2) is 0 Å². The molecule has 4 fully saturated rings. The maximum atomic E-state index is 15.2. The first kappa shape index (κ1) is 83.0. The number of hydrogen-bond donors (Lipinski definition) is 19. The van der Waals surface area contributed by atoms with Gasteiger partial charge in [0.25, 0.3) is 0 Å². The molecule has 16 amide bonds. The number of nitrogens with one attached hydrogen (secondary N) is 15. The van der Waals surface area contributed by atoms with Crippen LogP contribution in [-0.4, -0.2) is 254 Å². The molecular weight excluding hydrogens is 1430 g/mol. The van der Waals surface area contributed by atoms with Crippen LogP contribution in [0.3, 0.4) is 0 Å². The molecule has 0 radical (unpaired) electrons. The molecule has 103 heavy (non-hydrogen) atoms. The highest BCUT2D eigenvalue weighted by molar-refractivity contribution is 8.77. The predicted octanol–water partition coefficient (Wildman–Crippen LogP) is -6.93. The number of fused-ring (bicyclic) bond motifs is 11. The maximum Gasteiger partial charge on any atom is 0.246 e. The first-order valence-electron chi connectivity index (χ1n) is 33.2. The summed E-state index contributed by atoms with van der Waals surface area (Å²) >= 11 is 0. The van der Waals surface area contributed by atoms with Crippen LogP contribution in [0.4, 0.5) is 0 Å². The fraction of sp³-hybridized carbons (Fsp3) is 0.597. The number of H-pyrrole nitrogens is 1. The van der Waals surface area contributed by atoms with Gasteiger partial charge in [0.05, 0.1) is 38.5 Å². The van der Waals surface area contributed by atoms with E-state index in [9.17, 15) is 72.5 Å². The minimum atomic E-state index is -1.70. The highest BCUT2D eigenvalue weighted by atomic mass is 33.1. The number of nitrogens with two attached hydrogens (primary N) is 2. The Morgan fingerprint density at radius 1 is 0.553 bits per heavy atom. The molecule has 4 aliphatic heterocycles. The lowest BCUT2D eigenvalue weighted by Crippen LogP contribution is -2.61. The van der Waals surface area contributed by atoms with Gasteiger partial charge in [0, 0.05) is 60.7 Å². The first-order chi connectivity index (χ1) is 48.9. The molecule has 2 aromatic rings. The van der Waals surface area contributed by atoms with Crippen LogP contribution >= 0.6 is 43.2 Å². The van der Waals surface area contributed by atoms with E-state index in [0.29, 0.717) is 18.4 Å². The summed E-state index contributed by atoms with van der Waals surface area (Å²) in [5.41, 5.74) is 11.9. The van der Waals surface area contributed by atoms with Crippen LogP contribution in [0.25, 0.3) is 0 Å². The van der Waals surface area contributed by atoms with Crippen LogP contribution in [0.5, 0.6) is 5.75 Å². The number of imidazole rings is 1. The normalized spacial score (nSPS) is 27.8. The zero-order valence-corrected chi connectivity index (χ0v) is 60.5. The summed E-state index contributed by atoms with van der Waals surface area (Å²) in [5.74, 6) is -18.6. The molecule has 0 saturated carbocycles. The summed E-state index contributed by atoms with van der Waals surface area (Å²) in [5, 5.41) is 56.8. The van der Waals surface area contributed by atoms with Gasteiger partial charge in [-0.05, 0) is 68.7 Å². The van der Waals surface area contributed by atoms with Gasteiger partial charge in [-0.25, -0.2) is 4.98 Å². The Morgan fingerprint density at radius 2 is 1.05 bits per heavy atom. The highest BCUT2D eigenvalue weighted by Gasteiger charge is 2.44. The quantitative estimate of drug-likeness (QED) is 0.0655. The molecule has 6 rings (SSSR count). The van der Waals surface area contributed by atoms with E-state index in [1.54, 1.807) is 13.8 Å². The lowest BCUT2D eigenvalue weighted by molar-refractivity contribution is -0.142. The Hall–Kier alpha value is -8.93. The van der Waals surface area contributed by atoms with Crippen molar-refractivity contribution >= 4 is 138 Å². The third-order valence-electron chi connectivity index (χ3n) is 16.4. The number of aliphatic hydroxyl groups is 1. The summed E-state index contributed by atoms with van der Waals surface area (Å²) in [6.45, 7) is 4.99. The molecule has 0 aliphatic carbocycles. The Bertz CT molecular complexity index is 3390. The van der Waals surface area contributed by atoms with Crippen LogP contribution < -0.4 is 85.9 Å². The molecule has 1 aromatic carbocycles. The van der Waals surface area contributed by atoms with Gasteiger partial charge in [-0.1, -0.05) is 83.0 Å². The molecular formula is C62H91N19O18S4. The number of nitrogens with zero attached hydrogens (tertiary/aromatic N) is 2. The number of phenolic OH excluding ortho intramolecular Hbond substituents is 1. The topological polar surface area (TPSA) is 566 Å². The number of aromatic amines is 1. The number of unbranched alkanes of at least 4 members (excludes halogenated alkanes) is 1. The number of primary amides is 1. The number of aromatic hydroxyl groups is 1. The third kappa shape index (κ3) is 26.7. The Labute approximate surface area is 608 Å². The van der Waals surface area contributed by atoms with Crippen molar-refractivity contribution in [2.45, 2.75) is 165 Å². The van der Waals surface area contributed by atoms with E-state index in [0.717, 1.165) is 48.1 Å². The van der Waals surface area contributed by atoms with E-state index >= 15 is 14.4 Å². The molecule has 37 nitrogen and oxygen atoms in total. The number of hydrogen-bond acceptors (Lipinski definition) is 24. The van der Waals surface area contributed by atoms with Crippen LogP contribution in [0.2, 0.25) is 0 Å². The van der Waals surface area contributed by atoms with E-state index < -0.39 is 235 Å². The average molecular weight is 1520 g/mol. The Balaban J connectivity index is 1.49. The van der Waals surface area contributed by atoms with Crippen molar-refractivity contribution in [1.82, 2.24) is 89.3 Å². The molecule has 0 unspecified atom stereocenters. The van der Waals surface area contributed by atoms with Crippen molar-refractivity contribution < 1.29 is 86.9 Å². The zero-order chi connectivity index (χ0) is 75.6. The second-order valence-corrected chi connectivity index (χ2v) is 30.7. The van der Waals surface area contributed by atoms with E-state index in [1.165, 1.54) is 57.6 Å². The maximum absolute atomic E-state index is 15.2. The lowest BCUT2D eigenvalue weighted by atomic mass is 10.0. The molecule has 0 spiro atoms. The third-order valence-corrected chi connectivity index (χ3v) is 21.2. The number of amides is 16. The zero-order valence-electron chi connectivity index (χ0n) is 57.3. The SMILES string of the molecule is CC(C)C[C@@H]1NC(=O)[C@H](CCCCN)NC(=O)[C@H](Cc2ccc(O)cc2)NC(=O)CNC(=O)[C@@H]2CSSC[C@H](NC1=O)C(=O)N[C@@H](Cc1cnc[nH]1)C(=O)N1C[C@H](O)C[C@H]1C(=O)N[C@H]1CSSC[C@H](NC(=O)[C@H](C(C)C)NC(=O)CNC(=O)[C@H](CC(N)=O)NC(=O)CNC(=O)[C@H](C)NC1=O)C(=O)N2. The van der Waals surface area contributed by atoms with Gasteiger partial charge in [-0.3, -0.25) is 76.7 Å². The lowest BCUT2D eigenvalue weighted by Gasteiger charge is -2.31. The second kappa shape index (κ2) is 40.8. The minimum Gasteiger partial charge on any atom is -0.508 e. The molecule has 21 N–H and O–H groups in total. The fourth-order valence-corrected chi connectivity index (χ4v) is 15.5. The monoisotopic (exact) mass is 1520 g/mol. The van der Waals surface area contributed by atoms with Crippen molar-refractivity contribution in [2.75, 3.05) is 55.7 Å². The van der Waals surface area contributed by atoms with E-state index in [1.807, 2.05) is 0 Å². The number of carbonyl (C=O) groups is 16. The fourth-order valence-electron chi connectivity index (χ4n) is 10.9. The van der Waals surface area contributed by atoms with E-state index in [2.05, 4.69) is 84.4 Å². The number of aliphatic hydroxyl groups excluding tert-OH is 1. The van der Waals surface area contributed by atoms with Crippen LogP contribution in [0, 0.1) is 11.8 Å². The average Bonchev–Trinajstić information content (AvgIpc) is 1.70. The Morgan fingerprint density at radius 3 is 1.62 bits per heavy atom. The van der Waals surface area contributed by atoms with Gasteiger partial charge in [-0.2, -0.15) is 0 Å². The highest BCUT2D eigenvalue weighted by Crippen LogP contribution is 2.27. The van der Waals surface area contributed by atoms with Crippen molar-refractivity contribution in [3.05, 3.63) is 48.0 Å². The molecule has 4 saturated heterocycles. The van der Waals surface area contributed by atoms with Gasteiger partial charge < -0.3 is 106 Å². The molecule has 4 aliphatic rings. The van der Waals surface area contributed by atoms with Crippen LogP contribution in [-0.2, 0) is 89.6 Å². The van der Waals surface area contributed by atoms with Crippen molar-refractivity contribution in [2.24, 2.45) is 23.3 Å². The molecule has 5 heterocycles. The standard InChI is InChI=1S/C62H91N19O18S4/c1-29(2)14-37-55(92)77-43-26-102-100-24-41(53(90)68-21-48(86)71-38(15-32-9-11-34(82)12-10-32)56(93)73-36(54(91)74-37)8-6-7-13-63)76-59(96)44-27-103-101-25-42(78-60(97)45-17-35(83)23-81(45)62(99)40(75-58(43)95)16-33-19-65-28-69-33)57(94)70-31(5)51(88)66-20-47(85)72-39(18-46(64)84)52(89)67-22-49(87)80-50(30(3)4)61(98)79-44/h9-12,19,28-31,35-45,50,82-83H,6-8,13-18,20-27,63H2,1-5H3,(H2,64,84)(H,65,69)(H,66,88)(H,67,89)(H,68,90)(H,70,94)(H,71,86)(H,72,85)(H,73,93)(H,74,91)(H,75,95)(H,76,96)(H,77,92)(H,78,97)(H,79,98)(H,80,87)/t31-,35+,36-,37-,38-,39-,40-,41-,42-,43-,44-,45-,50-/m0/s1. The van der Waals surface area contributed by atoms with Gasteiger partial charge in [0.1, 0.15) is 78.3 Å². The molecule has 1 aromatic heterocycles. The summed E-state index contributed by atoms with van der Waals surface area (Å²) in [6, 6.07) is -13.1. The summed E-state index contributed by atoms with van der Waals surface area (Å²) < 4.78 is 0. The number of phenols is 1. The number of rotatable bonds is 13. The van der Waals surface area contributed by atoms with Gasteiger partial charge >= 0.3 is 0 Å². The van der Waals surface area contributed by atoms with E-state index in [4.69, 9.17) is 11.5 Å². The number of aromatic nitrogens is 2. The van der Waals surface area contributed by atoms with Crippen molar-refractivity contribution in [1.29, 1.82) is 0 Å². The molecule has 4 bridgehead atoms. The van der Waals surface area contributed by atoms with Crippen LogP contribution in [0.1, 0.15) is 84.4 Å². The largest absolute Gasteiger partial charge is 0.508 e. The number of benzene rings is 1. The second-order valence-electron chi connectivity index (χ2n) is 25.6. The molecule has 41 heteroatoms. The van der Waals surface area contributed by atoms with Crippen LogP contribution in [0.15, 0.2) is 36.8 Å². The predicted molar refractivity (Wildman–Crippen MR) is 377 cm³/mol. The molecule has 566 valence electrons. The number of carbonyl (C=O) groups excluding carboxylic acids is 16. The van der Waals surface area contributed by atoms with E-state index in [-0.39, 0.29) is 55.3 Å². The summed E-state index contributed by atoms with van der Waals surface area (Å²) in [7, 11) is 3.46. The van der Waals surface area contributed by atoms with Crippen molar-refractivity contribution in [3.8, 4) is 5.75 Å². The van der Waals surface area contributed by atoms with Crippen molar-refractivity contribution in [3.63, 3.8) is 0 Å². The summed E-state index contributed by atoms with van der Waals surface area (Å²) in [6.07, 6.45) is 0.161. The van der Waals surface area contributed by atoms with Gasteiger partial charge in [0.2, 0.25) is 94.5 Å². The van der Waals surface area contributed by atoms with Gasteiger partial charge in [-0.15, -0.1) is 0 Å². The molecule has 13 atom stereocenters. The summed E-state index contributed by atoms with van der Waals surface area (Å²) in [4.78, 5) is 235. The first-order valence-corrected chi connectivity index (χ1v) is 38.2. The Kier molecular flexibility index (Phi) is 32.9. The minimum absolute atomic E-state index is 0.0205. The smallest absolute Gasteiger partial charge is 0.246 e.